The number of carboxylic acid groups (broad SMARTS) is 1. The van der Waals surface area contributed by atoms with Crippen LogP contribution in [0.1, 0.15) is 24.1 Å². The molecule has 1 atom stereocenters. The first-order valence-electron chi connectivity index (χ1n) is 5.88. The maximum Gasteiger partial charge on any atom is 0.310 e. The lowest BCUT2D eigenvalue weighted by Crippen LogP contribution is -2.09. The van der Waals surface area contributed by atoms with Crippen LogP contribution in [0.15, 0.2) is 42.9 Å². The number of benzene rings is 1. The molecule has 0 bridgehead atoms. The van der Waals surface area contributed by atoms with Crippen molar-refractivity contribution in [2.75, 3.05) is 0 Å². The molecule has 1 heterocycles. The van der Waals surface area contributed by atoms with Gasteiger partial charge in [-0.25, -0.2) is 0 Å². The number of ether oxygens (including phenoxy) is 1. The van der Waals surface area contributed by atoms with Gasteiger partial charge in [0.25, 0.3) is 0 Å². The zero-order valence-corrected chi connectivity index (χ0v) is 10.5. The highest BCUT2D eigenvalue weighted by molar-refractivity contribution is 5.76. The molecule has 98 valence electrons. The molecule has 1 unspecified atom stereocenters. The van der Waals surface area contributed by atoms with E-state index in [1.54, 1.807) is 43.7 Å². The monoisotopic (exact) mass is 258 g/mol. The highest BCUT2D eigenvalue weighted by Crippen LogP contribution is 2.27. The molecule has 0 aliphatic heterocycles. The standard InChI is InChI=1S/C14H14N2O3/c1-10(14(17)18)12-4-2-3-5-13(12)19-9-11-8-15-6-7-16-11/h2-8,10H,9H2,1H3,(H,17,18). The van der Waals surface area contributed by atoms with Gasteiger partial charge in [-0.1, -0.05) is 18.2 Å². The Morgan fingerprint density at radius 1 is 1.37 bits per heavy atom. The number of hydrogen-bond acceptors (Lipinski definition) is 4. The molecule has 5 nitrogen and oxygen atoms in total. The molecular weight excluding hydrogens is 244 g/mol. The summed E-state index contributed by atoms with van der Waals surface area (Å²) in [4.78, 5) is 19.1. The molecule has 0 aliphatic carbocycles. The summed E-state index contributed by atoms with van der Waals surface area (Å²) in [5.74, 6) is -0.934. The van der Waals surface area contributed by atoms with Crippen LogP contribution in [-0.2, 0) is 11.4 Å². The molecule has 0 radical (unpaired) electrons. The van der Waals surface area contributed by atoms with E-state index in [4.69, 9.17) is 9.84 Å². The van der Waals surface area contributed by atoms with Crippen molar-refractivity contribution in [1.82, 2.24) is 9.97 Å². The van der Waals surface area contributed by atoms with Crippen LogP contribution in [0.2, 0.25) is 0 Å². The van der Waals surface area contributed by atoms with E-state index in [9.17, 15) is 4.79 Å². The maximum atomic E-state index is 11.0. The van der Waals surface area contributed by atoms with Gasteiger partial charge >= 0.3 is 5.97 Å². The molecule has 1 aromatic heterocycles. The normalized spacial score (nSPS) is 11.8. The van der Waals surface area contributed by atoms with Crippen molar-refractivity contribution in [2.24, 2.45) is 0 Å². The van der Waals surface area contributed by atoms with Crippen molar-refractivity contribution in [1.29, 1.82) is 0 Å². The summed E-state index contributed by atoms with van der Waals surface area (Å²) in [6.45, 7) is 1.89. The van der Waals surface area contributed by atoms with E-state index in [-0.39, 0.29) is 6.61 Å². The van der Waals surface area contributed by atoms with Gasteiger partial charge in [-0.3, -0.25) is 14.8 Å². The number of aromatic nitrogens is 2. The van der Waals surface area contributed by atoms with Gasteiger partial charge in [-0.05, 0) is 13.0 Å². The Morgan fingerprint density at radius 2 is 2.16 bits per heavy atom. The Hall–Kier alpha value is -2.43. The molecule has 0 fully saturated rings. The first-order valence-corrected chi connectivity index (χ1v) is 5.88. The summed E-state index contributed by atoms with van der Waals surface area (Å²) in [7, 11) is 0. The van der Waals surface area contributed by atoms with E-state index >= 15 is 0 Å². The second-order valence-electron chi connectivity index (χ2n) is 4.08. The fraction of sp³-hybridized carbons (Fsp3) is 0.214. The quantitative estimate of drug-likeness (QED) is 0.890. The predicted octanol–water partition coefficient (Wildman–Crippen LogP) is 2.24. The first-order chi connectivity index (χ1) is 9.18. The van der Waals surface area contributed by atoms with Gasteiger partial charge in [0, 0.05) is 18.0 Å². The molecule has 2 aromatic rings. The lowest BCUT2D eigenvalue weighted by molar-refractivity contribution is -0.138. The van der Waals surface area contributed by atoms with Crippen LogP contribution >= 0.6 is 0 Å². The molecule has 0 spiro atoms. The van der Waals surface area contributed by atoms with Gasteiger partial charge in [-0.2, -0.15) is 0 Å². The van der Waals surface area contributed by atoms with E-state index in [0.717, 1.165) is 0 Å². The lowest BCUT2D eigenvalue weighted by atomic mass is 10.0. The Morgan fingerprint density at radius 3 is 2.84 bits per heavy atom. The maximum absolute atomic E-state index is 11.0. The van der Waals surface area contributed by atoms with Gasteiger partial charge in [0.1, 0.15) is 12.4 Å². The smallest absolute Gasteiger partial charge is 0.310 e. The number of carbonyl (C=O) groups is 1. The van der Waals surface area contributed by atoms with Crippen LogP contribution in [0.5, 0.6) is 5.75 Å². The third-order valence-electron chi connectivity index (χ3n) is 2.75. The number of aliphatic carboxylic acids is 1. The summed E-state index contributed by atoms with van der Waals surface area (Å²) in [5, 5.41) is 9.07. The van der Waals surface area contributed by atoms with Crippen LogP contribution < -0.4 is 4.74 Å². The molecule has 1 aromatic carbocycles. The van der Waals surface area contributed by atoms with Gasteiger partial charge in [-0.15, -0.1) is 0 Å². The molecule has 2 rings (SSSR count). The van der Waals surface area contributed by atoms with E-state index in [1.165, 1.54) is 0 Å². The van der Waals surface area contributed by atoms with Gasteiger partial charge in [0.05, 0.1) is 17.8 Å². The molecule has 5 heteroatoms. The summed E-state index contributed by atoms with van der Waals surface area (Å²) in [6, 6.07) is 7.12. The Balaban J connectivity index is 2.14. The summed E-state index contributed by atoms with van der Waals surface area (Å²) < 4.78 is 5.63. The van der Waals surface area contributed by atoms with E-state index in [1.807, 2.05) is 6.07 Å². The minimum atomic E-state index is -0.879. The topological polar surface area (TPSA) is 72.3 Å². The van der Waals surface area contributed by atoms with Gasteiger partial charge < -0.3 is 9.84 Å². The van der Waals surface area contributed by atoms with Gasteiger partial charge in [0.15, 0.2) is 0 Å². The highest BCUT2D eigenvalue weighted by atomic mass is 16.5. The minimum Gasteiger partial charge on any atom is -0.487 e. The van der Waals surface area contributed by atoms with E-state index < -0.39 is 11.9 Å². The van der Waals surface area contributed by atoms with Crippen molar-refractivity contribution in [3.63, 3.8) is 0 Å². The zero-order chi connectivity index (χ0) is 13.7. The van der Waals surface area contributed by atoms with Crippen molar-refractivity contribution >= 4 is 5.97 Å². The van der Waals surface area contributed by atoms with E-state index in [2.05, 4.69) is 9.97 Å². The molecule has 0 amide bonds. The zero-order valence-electron chi connectivity index (χ0n) is 10.5. The van der Waals surface area contributed by atoms with Crippen LogP contribution in [-0.4, -0.2) is 21.0 Å². The van der Waals surface area contributed by atoms with Crippen molar-refractivity contribution < 1.29 is 14.6 Å². The van der Waals surface area contributed by atoms with Crippen LogP contribution in [0.25, 0.3) is 0 Å². The average Bonchev–Trinajstić information content (AvgIpc) is 2.45. The predicted molar refractivity (Wildman–Crippen MR) is 68.9 cm³/mol. The minimum absolute atomic E-state index is 0.261. The van der Waals surface area contributed by atoms with Crippen LogP contribution in [0.4, 0.5) is 0 Å². The number of rotatable bonds is 5. The van der Waals surface area contributed by atoms with Crippen molar-refractivity contribution in [2.45, 2.75) is 19.4 Å². The SMILES string of the molecule is CC(C(=O)O)c1ccccc1OCc1cnccn1. The van der Waals surface area contributed by atoms with E-state index in [0.29, 0.717) is 17.0 Å². The third-order valence-corrected chi connectivity index (χ3v) is 2.75. The largest absolute Gasteiger partial charge is 0.487 e. The number of hydrogen-bond donors (Lipinski definition) is 1. The Kier molecular flexibility index (Phi) is 4.07. The average molecular weight is 258 g/mol. The summed E-state index contributed by atoms with van der Waals surface area (Å²) in [5.41, 5.74) is 1.35. The molecule has 0 aliphatic rings. The first kappa shape index (κ1) is 13.0. The third kappa shape index (κ3) is 3.28. The Bertz CT molecular complexity index is 558. The van der Waals surface area contributed by atoms with Crippen LogP contribution in [0, 0.1) is 0 Å². The Labute approximate surface area is 110 Å². The molecule has 1 N–H and O–H groups in total. The fourth-order valence-electron chi connectivity index (χ4n) is 1.66. The molecule has 19 heavy (non-hydrogen) atoms. The molecule has 0 saturated carbocycles. The lowest BCUT2D eigenvalue weighted by Gasteiger charge is -2.13. The fourth-order valence-corrected chi connectivity index (χ4v) is 1.66. The molecule has 0 saturated heterocycles. The highest BCUT2D eigenvalue weighted by Gasteiger charge is 2.17. The number of carboxylic acids is 1. The second kappa shape index (κ2) is 5.95. The van der Waals surface area contributed by atoms with Crippen molar-refractivity contribution in [3.05, 3.63) is 54.1 Å². The van der Waals surface area contributed by atoms with Crippen LogP contribution in [0.3, 0.4) is 0 Å². The summed E-state index contributed by atoms with van der Waals surface area (Å²) in [6.07, 6.45) is 4.79. The second-order valence-corrected chi connectivity index (χ2v) is 4.08. The number of para-hydroxylation sites is 1. The van der Waals surface area contributed by atoms with Gasteiger partial charge in [0.2, 0.25) is 0 Å². The van der Waals surface area contributed by atoms with Crippen molar-refractivity contribution in [3.8, 4) is 5.75 Å². The number of nitrogens with zero attached hydrogens (tertiary/aromatic N) is 2. The molecular formula is C14H14N2O3. The summed E-state index contributed by atoms with van der Waals surface area (Å²) >= 11 is 0.